The van der Waals surface area contributed by atoms with Crippen molar-refractivity contribution >= 4 is 11.8 Å². The number of carbonyl (C=O) groups is 2. The molecule has 1 aliphatic heterocycles. The van der Waals surface area contributed by atoms with Gasteiger partial charge in [-0.1, -0.05) is 36.8 Å². The predicted molar refractivity (Wildman–Crippen MR) is 112 cm³/mol. The second kappa shape index (κ2) is 9.21. The first-order chi connectivity index (χ1) is 13.9. The molecule has 3 atom stereocenters. The van der Waals surface area contributed by atoms with Crippen molar-refractivity contribution < 1.29 is 14.0 Å². The van der Waals surface area contributed by atoms with E-state index in [2.05, 4.69) is 11.4 Å². The van der Waals surface area contributed by atoms with Crippen LogP contribution >= 0.6 is 0 Å². The van der Waals surface area contributed by atoms with Gasteiger partial charge in [-0.3, -0.25) is 9.59 Å². The molecule has 5 heteroatoms. The third-order valence-corrected chi connectivity index (χ3v) is 5.73. The van der Waals surface area contributed by atoms with E-state index in [0.717, 1.165) is 30.4 Å². The normalized spacial score (nSPS) is 20.2. The van der Waals surface area contributed by atoms with Crippen LogP contribution in [0.4, 0.5) is 4.39 Å². The number of hydrogen-bond donors (Lipinski definition) is 1. The summed E-state index contributed by atoms with van der Waals surface area (Å²) in [6.45, 7) is 6.40. The molecule has 0 unspecified atom stereocenters. The van der Waals surface area contributed by atoms with Gasteiger partial charge < -0.3 is 10.2 Å². The summed E-state index contributed by atoms with van der Waals surface area (Å²) in [5, 5.41) is 3.04. The van der Waals surface area contributed by atoms with Gasteiger partial charge in [-0.2, -0.15) is 0 Å². The molecule has 2 aromatic carbocycles. The average Bonchev–Trinajstić information content (AvgIpc) is 2.73. The van der Waals surface area contributed by atoms with Gasteiger partial charge in [0.25, 0.3) is 5.91 Å². The standard InChI is InChI=1S/C24H29FN2O2/c1-4-17(3)26-23(28)20-10-13-22(19-7-5-6-16(2)14-19)27(15-20)24(29)18-8-11-21(25)12-9-18/h5-9,11-12,14,17,20,22H,4,10,13,15H2,1-3H3,(H,26,28)/t17-,20-,22-/m0/s1. The lowest BCUT2D eigenvalue weighted by Crippen LogP contribution is -2.48. The molecule has 3 rings (SSSR count). The van der Waals surface area contributed by atoms with E-state index in [1.165, 1.54) is 24.3 Å². The fourth-order valence-corrected chi connectivity index (χ4v) is 3.85. The lowest BCUT2D eigenvalue weighted by Gasteiger charge is -2.40. The molecule has 1 aliphatic rings. The van der Waals surface area contributed by atoms with Crippen molar-refractivity contribution in [1.29, 1.82) is 0 Å². The Hall–Kier alpha value is -2.69. The molecular weight excluding hydrogens is 367 g/mol. The van der Waals surface area contributed by atoms with E-state index in [9.17, 15) is 14.0 Å². The van der Waals surface area contributed by atoms with Crippen LogP contribution in [0.2, 0.25) is 0 Å². The first-order valence-corrected chi connectivity index (χ1v) is 10.3. The maximum Gasteiger partial charge on any atom is 0.254 e. The molecule has 0 bridgehead atoms. The minimum atomic E-state index is -0.374. The van der Waals surface area contributed by atoms with Crippen LogP contribution in [0, 0.1) is 18.7 Å². The highest BCUT2D eigenvalue weighted by atomic mass is 19.1. The van der Waals surface area contributed by atoms with Crippen LogP contribution in [0.3, 0.4) is 0 Å². The average molecular weight is 397 g/mol. The number of nitrogens with one attached hydrogen (secondary N) is 1. The van der Waals surface area contributed by atoms with E-state index >= 15 is 0 Å². The Morgan fingerprint density at radius 2 is 1.90 bits per heavy atom. The Bertz CT molecular complexity index is 865. The summed E-state index contributed by atoms with van der Waals surface area (Å²) in [6, 6.07) is 13.8. The topological polar surface area (TPSA) is 49.4 Å². The van der Waals surface area contributed by atoms with Crippen LogP contribution < -0.4 is 5.32 Å². The number of halogens is 1. The minimum Gasteiger partial charge on any atom is -0.353 e. The molecular formula is C24H29FN2O2. The Kier molecular flexibility index (Phi) is 6.68. The molecule has 0 radical (unpaired) electrons. The highest BCUT2D eigenvalue weighted by Crippen LogP contribution is 2.35. The van der Waals surface area contributed by atoms with Crippen molar-refractivity contribution in [2.75, 3.05) is 6.54 Å². The molecule has 29 heavy (non-hydrogen) atoms. The molecule has 1 saturated heterocycles. The first kappa shape index (κ1) is 21.0. The summed E-state index contributed by atoms with van der Waals surface area (Å²) in [5.74, 6) is -0.785. The van der Waals surface area contributed by atoms with E-state index in [1.807, 2.05) is 39.0 Å². The zero-order valence-corrected chi connectivity index (χ0v) is 17.3. The summed E-state index contributed by atoms with van der Waals surface area (Å²) in [6.07, 6.45) is 2.31. The van der Waals surface area contributed by atoms with E-state index in [0.29, 0.717) is 12.1 Å². The Morgan fingerprint density at radius 1 is 1.17 bits per heavy atom. The Morgan fingerprint density at radius 3 is 2.55 bits per heavy atom. The monoisotopic (exact) mass is 396 g/mol. The van der Waals surface area contributed by atoms with Gasteiger partial charge >= 0.3 is 0 Å². The molecule has 1 heterocycles. The van der Waals surface area contributed by atoms with Crippen LogP contribution in [0.25, 0.3) is 0 Å². The predicted octanol–water partition coefficient (Wildman–Crippen LogP) is 4.64. The fraction of sp³-hybridized carbons (Fsp3) is 0.417. The lowest BCUT2D eigenvalue weighted by molar-refractivity contribution is -0.127. The van der Waals surface area contributed by atoms with Crippen molar-refractivity contribution in [2.45, 2.75) is 52.1 Å². The molecule has 0 aliphatic carbocycles. The van der Waals surface area contributed by atoms with Gasteiger partial charge in [0, 0.05) is 18.2 Å². The zero-order valence-electron chi connectivity index (χ0n) is 17.3. The van der Waals surface area contributed by atoms with Crippen molar-refractivity contribution in [2.24, 2.45) is 5.92 Å². The van der Waals surface area contributed by atoms with Gasteiger partial charge in [-0.25, -0.2) is 4.39 Å². The van der Waals surface area contributed by atoms with Gasteiger partial charge in [-0.05, 0) is 62.9 Å². The Labute approximate surface area is 172 Å². The van der Waals surface area contributed by atoms with Gasteiger partial charge in [0.15, 0.2) is 0 Å². The fourth-order valence-electron chi connectivity index (χ4n) is 3.85. The summed E-state index contributed by atoms with van der Waals surface area (Å²) in [5.41, 5.74) is 2.64. The van der Waals surface area contributed by atoms with E-state index < -0.39 is 0 Å². The van der Waals surface area contributed by atoms with Gasteiger partial charge in [0.2, 0.25) is 5.91 Å². The molecule has 1 fully saturated rings. The SMILES string of the molecule is CC[C@H](C)NC(=O)[C@H]1CC[C@@H](c2cccc(C)c2)N(C(=O)c2ccc(F)cc2)C1. The second-order valence-electron chi connectivity index (χ2n) is 7.99. The molecule has 2 amide bonds. The molecule has 2 aromatic rings. The molecule has 0 aromatic heterocycles. The van der Waals surface area contributed by atoms with Crippen LogP contribution in [-0.4, -0.2) is 29.3 Å². The molecule has 4 nitrogen and oxygen atoms in total. The highest BCUT2D eigenvalue weighted by Gasteiger charge is 2.36. The zero-order chi connectivity index (χ0) is 21.0. The van der Waals surface area contributed by atoms with Crippen molar-refractivity contribution in [3.63, 3.8) is 0 Å². The molecule has 1 N–H and O–H groups in total. The third kappa shape index (κ3) is 5.03. The van der Waals surface area contributed by atoms with Crippen molar-refractivity contribution in [3.8, 4) is 0 Å². The second-order valence-corrected chi connectivity index (χ2v) is 7.99. The smallest absolute Gasteiger partial charge is 0.254 e. The summed E-state index contributed by atoms with van der Waals surface area (Å²) >= 11 is 0. The maximum absolute atomic E-state index is 13.3. The molecule has 0 spiro atoms. The Balaban J connectivity index is 1.88. The summed E-state index contributed by atoms with van der Waals surface area (Å²) < 4.78 is 13.3. The maximum atomic E-state index is 13.3. The number of amides is 2. The number of aryl methyl sites for hydroxylation is 1. The number of rotatable bonds is 5. The van der Waals surface area contributed by atoms with Gasteiger partial charge in [0.1, 0.15) is 5.82 Å². The number of hydrogen-bond acceptors (Lipinski definition) is 2. The van der Waals surface area contributed by atoms with Crippen LogP contribution in [-0.2, 0) is 4.79 Å². The van der Waals surface area contributed by atoms with Crippen molar-refractivity contribution in [1.82, 2.24) is 10.2 Å². The first-order valence-electron chi connectivity index (χ1n) is 10.3. The number of carbonyl (C=O) groups excluding carboxylic acids is 2. The van der Waals surface area contributed by atoms with Gasteiger partial charge in [-0.15, -0.1) is 0 Å². The largest absolute Gasteiger partial charge is 0.353 e. The van der Waals surface area contributed by atoms with E-state index in [-0.39, 0.29) is 35.6 Å². The van der Waals surface area contributed by atoms with Crippen LogP contribution in [0.15, 0.2) is 48.5 Å². The minimum absolute atomic E-state index is 0.000974. The number of likely N-dealkylation sites (tertiary alicyclic amines) is 1. The van der Waals surface area contributed by atoms with Gasteiger partial charge in [0.05, 0.1) is 12.0 Å². The summed E-state index contributed by atoms with van der Waals surface area (Å²) in [7, 11) is 0. The highest BCUT2D eigenvalue weighted by molar-refractivity contribution is 5.95. The van der Waals surface area contributed by atoms with E-state index in [4.69, 9.17) is 0 Å². The van der Waals surface area contributed by atoms with Crippen molar-refractivity contribution in [3.05, 3.63) is 71.0 Å². The molecule has 154 valence electrons. The molecule has 0 saturated carbocycles. The summed E-state index contributed by atoms with van der Waals surface area (Å²) in [4.78, 5) is 27.8. The number of nitrogens with zero attached hydrogens (tertiary/aromatic N) is 1. The van der Waals surface area contributed by atoms with Crippen LogP contribution in [0.1, 0.15) is 60.6 Å². The lowest BCUT2D eigenvalue weighted by atomic mass is 9.87. The number of piperidine rings is 1. The van der Waals surface area contributed by atoms with Crippen LogP contribution in [0.5, 0.6) is 0 Å². The third-order valence-electron chi connectivity index (χ3n) is 5.73. The quantitative estimate of drug-likeness (QED) is 0.800. The number of benzene rings is 2. The van der Waals surface area contributed by atoms with E-state index in [1.54, 1.807) is 4.90 Å².